The van der Waals surface area contributed by atoms with Crippen molar-refractivity contribution in [3.63, 3.8) is 0 Å². The minimum atomic E-state index is -0.398. The van der Waals surface area contributed by atoms with Crippen molar-refractivity contribution in [1.82, 2.24) is 14.7 Å². The lowest BCUT2D eigenvalue weighted by molar-refractivity contribution is 0.0600. The molecule has 2 amide bonds. The Morgan fingerprint density at radius 2 is 2.03 bits per heavy atom. The van der Waals surface area contributed by atoms with Crippen LogP contribution in [0.1, 0.15) is 28.9 Å². The first kappa shape index (κ1) is 21.6. The molecule has 1 saturated heterocycles. The van der Waals surface area contributed by atoms with Gasteiger partial charge in [0.25, 0.3) is 0 Å². The van der Waals surface area contributed by atoms with Gasteiger partial charge in [-0.3, -0.25) is 10.00 Å². The number of urea groups is 1. The van der Waals surface area contributed by atoms with Crippen LogP contribution < -0.4 is 10.6 Å². The summed E-state index contributed by atoms with van der Waals surface area (Å²) in [5, 5.41) is 19.7. The summed E-state index contributed by atoms with van der Waals surface area (Å²) >= 11 is 0. The summed E-state index contributed by atoms with van der Waals surface area (Å²) in [4.78, 5) is 25.6. The Kier molecular flexibility index (Phi) is 7.26. The van der Waals surface area contributed by atoms with Gasteiger partial charge >= 0.3 is 12.0 Å². The molecule has 1 aliphatic rings. The number of anilines is 2. The summed E-state index contributed by atoms with van der Waals surface area (Å²) in [5.41, 5.74) is 1.99. The van der Waals surface area contributed by atoms with Crippen LogP contribution >= 0.6 is 0 Å². The molecular weight excluding hydrogens is 390 g/mol. The van der Waals surface area contributed by atoms with Crippen LogP contribution in [0.3, 0.4) is 0 Å². The third-order valence-corrected chi connectivity index (χ3v) is 4.88. The first-order valence-electron chi connectivity index (χ1n) is 9.73. The number of aliphatic hydroxyl groups is 1. The lowest BCUT2D eigenvalue weighted by Crippen LogP contribution is -2.42. The smallest absolute Gasteiger partial charge is 0.337 e. The van der Waals surface area contributed by atoms with Crippen molar-refractivity contribution >= 4 is 23.5 Å². The van der Waals surface area contributed by atoms with Gasteiger partial charge in [-0.1, -0.05) is 6.07 Å². The Hall–Kier alpha value is -3.11. The molecule has 0 bridgehead atoms. The maximum absolute atomic E-state index is 12.3. The number of carbonyl (C=O) groups excluding carboxylic acids is 2. The summed E-state index contributed by atoms with van der Waals surface area (Å²) < 4.78 is 12.0. The lowest BCUT2D eigenvalue weighted by atomic mass is 10.1. The van der Waals surface area contributed by atoms with Crippen LogP contribution in [0.25, 0.3) is 0 Å². The van der Waals surface area contributed by atoms with E-state index in [1.54, 1.807) is 40.9 Å². The molecule has 162 valence electrons. The number of carbonyl (C=O) groups is 2. The molecule has 0 spiro atoms. The molecule has 1 fully saturated rings. The van der Waals surface area contributed by atoms with Gasteiger partial charge in [-0.2, -0.15) is 5.10 Å². The fourth-order valence-electron chi connectivity index (χ4n) is 3.12. The number of aryl methyl sites for hydroxylation is 1. The van der Waals surface area contributed by atoms with Crippen LogP contribution in [0.5, 0.6) is 0 Å². The van der Waals surface area contributed by atoms with Crippen LogP contribution in [0.2, 0.25) is 0 Å². The predicted octanol–water partition coefficient (Wildman–Crippen LogP) is 1.78. The van der Waals surface area contributed by atoms with Gasteiger partial charge in [0.1, 0.15) is 6.73 Å². The number of ether oxygens (including phenoxy) is 2. The van der Waals surface area contributed by atoms with Crippen molar-refractivity contribution in [2.24, 2.45) is 7.05 Å². The van der Waals surface area contributed by atoms with Gasteiger partial charge < -0.3 is 24.8 Å². The highest BCUT2D eigenvalue weighted by atomic mass is 16.5. The summed E-state index contributed by atoms with van der Waals surface area (Å²) in [6.45, 7) is 1.57. The second-order valence-corrected chi connectivity index (χ2v) is 7.03. The Balaban J connectivity index is 1.46. The van der Waals surface area contributed by atoms with Gasteiger partial charge in [0.05, 0.1) is 31.1 Å². The summed E-state index contributed by atoms with van der Waals surface area (Å²) in [6, 6.07) is 8.48. The van der Waals surface area contributed by atoms with E-state index in [-0.39, 0.29) is 18.9 Å². The number of nitrogens with zero attached hydrogens (tertiary/aromatic N) is 3. The monoisotopic (exact) mass is 417 g/mol. The number of likely N-dealkylation sites (tertiary alicyclic amines) is 1. The third kappa shape index (κ3) is 5.71. The topological polar surface area (TPSA) is 118 Å². The van der Waals surface area contributed by atoms with E-state index in [0.717, 1.165) is 11.4 Å². The molecule has 30 heavy (non-hydrogen) atoms. The van der Waals surface area contributed by atoms with Crippen molar-refractivity contribution in [2.45, 2.75) is 25.6 Å². The first-order chi connectivity index (χ1) is 14.5. The quantitative estimate of drug-likeness (QED) is 0.357. The van der Waals surface area contributed by atoms with Crippen LogP contribution in [0.4, 0.5) is 16.3 Å². The predicted molar refractivity (Wildman–Crippen MR) is 110 cm³/mol. The summed E-state index contributed by atoms with van der Waals surface area (Å²) in [5.74, 6) is 0.0516. The Bertz CT molecular complexity index is 876. The molecule has 10 nitrogen and oxygen atoms in total. The standard InChI is InChI=1S/C20H27N5O5/c1-24-16(11-18(23-24)22-20(28)25-8-6-17(26)7-9-25)12-30-13-21-15-5-3-4-14(10-15)19(27)29-2/h3-5,10-11,17,21,26H,6-9,12-13H2,1-2H3,(H,22,23,28). The highest BCUT2D eigenvalue weighted by Crippen LogP contribution is 2.15. The zero-order valence-corrected chi connectivity index (χ0v) is 17.1. The average Bonchev–Trinajstić information content (AvgIpc) is 3.10. The van der Waals surface area contributed by atoms with Gasteiger partial charge in [-0.25, -0.2) is 9.59 Å². The van der Waals surface area contributed by atoms with Crippen LogP contribution in [-0.4, -0.2) is 64.8 Å². The molecule has 1 aromatic heterocycles. The molecule has 10 heteroatoms. The second-order valence-electron chi connectivity index (χ2n) is 7.03. The number of amides is 2. The highest BCUT2D eigenvalue weighted by Gasteiger charge is 2.22. The number of esters is 1. The number of nitrogens with one attached hydrogen (secondary N) is 2. The van der Waals surface area contributed by atoms with E-state index < -0.39 is 5.97 Å². The van der Waals surface area contributed by atoms with E-state index in [1.165, 1.54) is 7.11 Å². The maximum atomic E-state index is 12.3. The highest BCUT2D eigenvalue weighted by molar-refractivity contribution is 5.90. The normalized spacial score (nSPS) is 14.4. The van der Waals surface area contributed by atoms with Crippen molar-refractivity contribution in [3.8, 4) is 0 Å². The summed E-state index contributed by atoms with van der Waals surface area (Å²) in [6.07, 6.45) is 0.846. The third-order valence-electron chi connectivity index (χ3n) is 4.88. The molecule has 0 saturated carbocycles. The van der Waals surface area contributed by atoms with Crippen molar-refractivity contribution in [1.29, 1.82) is 0 Å². The number of methoxy groups -OCH3 is 1. The van der Waals surface area contributed by atoms with Crippen molar-refractivity contribution in [3.05, 3.63) is 41.6 Å². The largest absolute Gasteiger partial charge is 0.465 e. The number of piperidine rings is 1. The zero-order chi connectivity index (χ0) is 21.5. The maximum Gasteiger partial charge on any atom is 0.337 e. The fraction of sp³-hybridized carbons (Fsp3) is 0.450. The van der Waals surface area contributed by atoms with Crippen LogP contribution in [0, 0.1) is 0 Å². The van der Waals surface area contributed by atoms with E-state index in [2.05, 4.69) is 15.7 Å². The minimum absolute atomic E-state index is 0.223. The Morgan fingerprint density at radius 1 is 1.27 bits per heavy atom. The number of hydrogen-bond acceptors (Lipinski definition) is 7. The van der Waals surface area contributed by atoms with Crippen LogP contribution in [-0.2, 0) is 23.1 Å². The van der Waals surface area contributed by atoms with E-state index >= 15 is 0 Å². The number of aromatic nitrogens is 2. The zero-order valence-electron chi connectivity index (χ0n) is 17.1. The lowest BCUT2D eigenvalue weighted by Gasteiger charge is -2.29. The van der Waals surface area contributed by atoms with Crippen molar-refractivity contribution in [2.75, 3.05) is 37.6 Å². The van der Waals surface area contributed by atoms with E-state index in [0.29, 0.717) is 43.9 Å². The van der Waals surface area contributed by atoms with E-state index in [4.69, 9.17) is 9.47 Å². The SMILES string of the molecule is COC(=O)c1cccc(NCOCc2cc(NC(=O)N3CCC(O)CC3)nn2C)c1. The Morgan fingerprint density at radius 3 is 2.77 bits per heavy atom. The first-order valence-corrected chi connectivity index (χ1v) is 9.73. The van der Waals surface area contributed by atoms with E-state index in [9.17, 15) is 14.7 Å². The molecule has 0 atom stereocenters. The molecule has 0 aliphatic carbocycles. The number of benzene rings is 1. The number of rotatable bonds is 7. The molecule has 2 aromatic rings. The fourth-order valence-corrected chi connectivity index (χ4v) is 3.12. The average molecular weight is 417 g/mol. The molecule has 1 aromatic carbocycles. The molecular formula is C20H27N5O5. The molecule has 0 radical (unpaired) electrons. The van der Waals surface area contributed by atoms with Gasteiger partial charge in [0, 0.05) is 31.9 Å². The van der Waals surface area contributed by atoms with E-state index in [1.807, 2.05) is 6.07 Å². The van der Waals surface area contributed by atoms with Gasteiger partial charge in [-0.15, -0.1) is 0 Å². The second kappa shape index (κ2) is 10.1. The number of aliphatic hydroxyl groups excluding tert-OH is 1. The van der Waals surface area contributed by atoms with Crippen LogP contribution in [0.15, 0.2) is 30.3 Å². The molecule has 3 rings (SSSR count). The molecule has 2 heterocycles. The van der Waals surface area contributed by atoms with Gasteiger partial charge in [0.2, 0.25) is 0 Å². The van der Waals surface area contributed by atoms with Crippen molar-refractivity contribution < 1.29 is 24.2 Å². The minimum Gasteiger partial charge on any atom is -0.465 e. The molecule has 3 N–H and O–H groups in total. The summed E-state index contributed by atoms with van der Waals surface area (Å²) in [7, 11) is 3.12. The number of hydrogen-bond donors (Lipinski definition) is 3. The molecule has 0 unspecified atom stereocenters. The van der Waals surface area contributed by atoms with Gasteiger partial charge in [0.15, 0.2) is 5.82 Å². The van der Waals surface area contributed by atoms with Gasteiger partial charge in [-0.05, 0) is 31.0 Å². The molecule has 1 aliphatic heterocycles. The Labute approximate surface area is 174 Å².